The Labute approximate surface area is 153 Å². The fourth-order valence-corrected chi connectivity index (χ4v) is 2.61. The van der Waals surface area contributed by atoms with E-state index in [0.29, 0.717) is 10.0 Å². The fourth-order valence-electron chi connectivity index (χ4n) is 2.25. The topological polar surface area (TPSA) is 72.3 Å². The van der Waals surface area contributed by atoms with Gasteiger partial charge in [-0.2, -0.15) is 0 Å². The number of aromatic carboxylic acids is 1. The Bertz CT molecular complexity index is 884. The number of ether oxygens (including phenoxy) is 1. The molecule has 3 aromatic rings. The van der Waals surface area contributed by atoms with Crippen LogP contribution >= 0.6 is 23.2 Å². The van der Waals surface area contributed by atoms with E-state index < -0.39 is 12.1 Å². The van der Waals surface area contributed by atoms with E-state index in [1.165, 1.54) is 12.1 Å². The molecular formula is C18H12Cl2N2O3. The first-order valence-electron chi connectivity index (χ1n) is 7.28. The van der Waals surface area contributed by atoms with Crippen LogP contribution < -0.4 is 4.74 Å². The van der Waals surface area contributed by atoms with Crippen molar-refractivity contribution in [1.82, 2.24) is 10.2 Å². The molecule has 25 heavy (non-hydrogen) atoms. The SMILES string of the molecule is O=C(O)c1ccc(OC(c2ccc(Cl)cc2)c2ccccc2Cl)nn1. The zero-order valence-corrected chi connectivity index (χ0v) is 14.3. The smallest absolute Gasteiger partial charge is 0.356 e. The summed E-state index contributed by atoms with van der Waals surface area (Å²) in [7, 11) is 0. The molecule has 0 fully saturated rings. The average Bonchev–Trinajstić information content (AvgIpc) is 2.62. The first kappa shape index (κ1) is 17.2. The van der Waals surface area contributed by atoms with Gasteiger partial charge < -0.3 is 9.84 Å². The second-order valence-electron chi connectivity index (χ2n) is 5.13. The maximum atomic E-state index is 10.9. The van der Waals surface area contributed by atoms with Crippen LogP contribution in [0.3, 0.4) is 0 Å². The van der Waals surface area contributed by atoms with Gasteiger partial charge in [-0.3, -0.25) is 0 Å². The highest BCUT2D eigenvalue weighted by atomic mass is 35.5. The van der Waals surface area contributed by atoms with Crippen molar-refractivity contribution in [3.05, 3.63) is 87.5 Å². The zero-order valence-electron chi connectivity index (χ0n) is 12.8. The molecule has 0 saturated heterocycles. The minimum absolute atomic E-state index is 0.159. The van der Waals surface area contributed by atoms with E-state index in [0.717, 1.165) is 11.1 Å². The number of rotatable bonds is 5. The van der Waals surface area contributed by atoms with E-state index in [1.807, 2.05) is 30.3 Å². The predicted molar refractivity (Wildman–Crippen MR) is 94.4 cm³/mol. The van der Waals surface area contributed by atoms with E-state index in [4.69, 9.17) is 33.0 Å². The largest absolute Gasteiger partial charge is 0.476 e. The van der Waals surface area contributed by atoms with Gasteiger partial charge in [-0.15, -0.1) is 10.2 Å². The number of halogens is 2. The summed E-state index contributed by atoms with van der Waals surface area (Å²) in [6.07, 6.45) is -0.545. The molecule has 1 atom stereocenters. The number of aromatic nitrogens is 2. The van der Waals surface area contributed by atoms with Crippen LogP contribution in [0, 0.1) is 0 Å². The van der Waals surface area contributed by atoms with E-state index in [2.05, 4.69) is 10.2 Å². The number of carboxylic acid groups (broad SMARTS) is 1. The van der Waals surface area contributed by atoms with Gasteiger partial charge in [0.15, 0.2) is 11.8 Å². The Morgan fingerprint density at radius 1 is 0.960 bits per heavy atom. The molecule has 1 heterocycles. The summed E-state index contributed by atoms with van der Waals surface area (Å²) in [5.74, 6) is -0.968. The van der Waals surface area contributed by atoms with Gasteiger partial charge in [-0.05, 0) is 29.8 Å². The monoisotopic (exact) mass is 374 g/mol. The molecule has 1 aromatic heterocycles. The lowest BCUT2D eigenvalue weighted by molar-refractivity contribution is 0.0688. The van der Waals surface area contributed by atoms with Crippen molar-refractivity contribution >= 4 is 29.2 Å². The van der Waals surface area contributed by atoms with Gasteiger partial charge in [0.05, 0.1) is 0 Å². The van der Waals surface area contributed by atoms with Crippen LogP contribution in [-0.4, -0.2) is 21.3 Å². The normalized spacial score (nSPS) is 11.8. The Morgan fingerprint density at radius 3 is 2.28 bits per heavy atom. The van der Waals surface area contributed by atoms with Crippen molar-refractivity contribution in [3.63, 3.8) is 0 Å². The summed E-state index contributed by atoms with van der Waals surface area (Å²) in [5, 5.41) is 17.5. The van der Waals surface area contributed by atoms with E-state index in [9.17, 15) is 4.79 Å². The maximum absolute atomic E-state index is 10.9. The Kier molecular flexibility index (Phi) is 5.16. The number of hydrogen-bond donors (Lipinski definition) is 1. The highest BCUT2D eigenvalue weighted by Crippen LogP contribution is 2.32. The third-order valence-corrected chi connectivity index (χ3v) is 4.05. The number of carboxylic acids is 1. The maximum Gasteiger partial charge on any atom is 0.356 e. The molecule has 1 unspecified atom stereocenters. The second kappa shape index (κ2) is 7.51. The number of benzene rings is 2. The summed E-state index contributed by atoms with van der Waals surface area (Å²) >= 11 is 12.3. The molecule has 0 saturated carbocycles. The first-order valence-corrected chi connectivity index (χ1v) is 8.04. The van der Waals surface area contributed by atoms with Crippen LogP contribution in [0.1, 0.15) is 27.7 Å². The van der Waals surface area contributed by atoms with Crippen molar-refractivity contribution in [3.8, 4) is 5.88 Å². The first-order chi connectivity index (χ1) is 12.0. The third-order valence-electron chi connectivity index (χ3n) is 3.46. The number of nitrogens with zero attached hydrogens (tertiary/aromatic N) is 2. The average molecular weight is 375 g/mol. The van der Waals surface area contributed by atoms with E-state index in [1.54, 1.807) is 18.2 Å². The van der Waals surface area contributed by atoms with Gasteiger partial charge in [-0.1, -0.05) is 53.5 Å². The van der Waals surface area contributed by atoms with Crippen LogP contribution in [-0.2, 0) is 0 Å². The minimum atomic E-state index is -1.15. The summed E-state index contributed by atoms with van der Waals surface area (Å²) in [4.78, 5) is 10.9. The van der Waals surface area contributed by atoms with Crippen molar-refractivity contribution in [2.24, 2.45) is 0 Å². The molecule has 7 heteroatoms. The van der Waals surface area contributed by atoms with Crippen molar-refractivity contribution in [1.29, 1.82) is 0 Å². The van der Waals surface area contributed by atoms with Crippen LogP contribution in [0.15, 0.2) is 60.7 Å². The number of carbonyl (C=O) groups is 1. The minimum Gasteiger partial charge on any atom is -0.476 e. The summed E-state index contributed by atoms with van der Waals surface area (Å²) in [5.41, 5.74) is 1.41. The Hall–Kier alpha value is -2.63. The van der Waals surface area contributed by atoms with Gasteiger partial charge >= 0.3 is 5.97 Å². The van der Waals surface area contributed by atoms with E-state index >= 15 is 0 Å². The third kappa shape index (κ3) is 4.07. The molecule has 1 N–H and O–H groups in total. The van der Waals surface area contributed by atoms with Crippen molar-refractivity contribution in [2.45, 2.75) is 6.10 Å². The molecule has 0 bridgehead atoms. The molecule has 5 nitrogen and oxygen atoms in total. The van der Waals surface area contributed by atoms with Gasteiger partial charge in [0.1, 0.15) is 0 Å². The molecule has 3 rings (SSSR count). The number of hydrogen-bond acceptors (Lipinski definition) is 4. The summed E-state index contributed by atoms with van der Waals surface area (Å²) < 4.78 is 5.95. The molecule has 0 aliphatic rings. The lowest BCUT2D eigenvalue weighted by Gasteiger charge is -2.20. The second-order valence-corrected chi connectivity index (χ2v) is 5.98. The van der Waals surface area contributed by atoms with Crippen LogP contribution in [0.5, 0.6) is 5.88 Å². The van der Waals surface area contributed by atoms with Gasteiger partial charge in [0.2, 0.25) is 5.88 Å². The fraction of sp³-hybridized carbons (Fsp3) is 0.0556. The zero-order chi connectivity index (χ0) is 17.8. The molecule has 0 aliphatic heterocycles. The lowest BCUT2D eigenvalue weighted by atomic mass is 10.0. The summed E-state index contributed by atoms with van der Waals surface area (Å²) in [6.45, 7) is 0. The van der Waals surface area contributed by atoms with Gasteiger partial charge in [0, 0.05) is 21.7 Å². The summed E-state index contributed by atoms with van der Waals surface area (Å²) in [6, 6.07) is 17.2. The van der Waals surface area contributed by atoms with Crippen molar-refractivity contribution in [2.75, 3.05) is 0 Å². The van der Waals surface area contributed by atoms with Crippen LogP contribution in [0.4, 0.5) is 0 Å². The van der Waals surface area contributed by atoms with Gasteiger partial charge in [0.25, 0.3) is 0 Å². The highest BCUT2D eigenvalue weighted by molar-refractivity contribution is 6.31. The predicted octanol–water partition coefficient (Wildman–Crippen LogP) is 4.65. The highest BCUT2D eigenvalue weighted by Gasteiger charge is 2.20. The Morgan fingerprint density at radius 2 is 1.68 bits per heavy atom. The molecule has 2 aromatic carbocycles. The molecule has 0 aliphatic carbocycles. The molecule has 0 spiro atoms. The molecule has 0 amide bonds. The van der Waals surface area contributed by atoms with Crippen LogP contribution in [0.25, 0.3) is 0 Å². The van der Waals surface area contributed by atoms with Crippen LogP contribution in [0.2, 0.25) is 10.0 Å². The van der Waals surface area contributed by atoms with E-state index in [-0.39, 0.29) is 11.6 Å². The molecule has 126 valence electrons. The standard InChI is InChI=1S/C18H12Cl2N2O3/c19-12-7-5-11(6-8-12)17(13-3-1-2-4-14(13)20)25-16-10-9-15(18(23)24)21-22-16/h1-10,17H,(H,23,24). The van der Waals surface area contributed by atoms with Crippen molar-refractivity contribution < 1.29 is 14.6 Å². The Balaban J connectivity index is 1.98. The quantitative estimate of drug-likeness (QED) is 0.703. The molecule has 0 radical (unpaired) electrons. The molecular weight excluding hydrogens is 363 g/mol. The van der Waals surface area contributed by atoms with Gasteiger partial charge in [-0.25, -0.2) is 4.79 Å². The lowest BCUT2D eigenvalue weighted by Crippen LogP contribution is -2.12.